The van der Waals surface area contributed by atoms with Crippen molar-refractivity contribution in [2.45, 2.75) is 12.8 Å². The summed E-state index contributed by atoms with van der Waals surface area (Å²) in [5.41, 5.74) is 2.32. The Morgan fingerprint density at radius 3 is 2.48 bits per heavy atom. The molecule has 0 amide bonds. The highest BCUT2D eigenvalue weighted by molar-refractivity contribution is 9.10. The molecule has 0 saturated heterocycles. The fourth-order valence-corrected chi connectivity index (χ4v) is 2.84. The minimum atomic E-state index is 0.145. The number of hydrogen-bond donors (Lipinski definition) is 1. The van der Waals surface area contributed by atoms with E-state index in [0.717, 1.165) is 33.6 Å². The molecule has 0 radical (unpaired) electrons. The molecule has 112 valence electrons. The summed E-state index contributed by atoms with van der Waals surface area (Å²) in [6, 6.07) is 13.7. The largest absolute Gasteiger partial charge is 0.497 e. The van der Waals surface area contributed by atoms with E-state index in [1.165, 1.54) is 5.56 Å². The maximum absolute atomic E-state index is 9.65. The van der Waals surface area contributed by atoms with Crippen LogP contribution in [-0.2, 0) is 12.8 Å². The molecule has 2 rings (SSSR count). The standard InChI is InChI=1S/C17H18BrClO2/c1-21-16-6-7-17(18)14(10-16)9-13(11-20)8-12-2-4-15(19)5-3-12/h2-7,10,13,20H,8-9,11H2,1H3. The molecule has 0 aliphatic carbocycles. The van der Waals surface area contributed by atoms with Crippen molar-refractivity contribution in [3.8, 4) is 5.75 Å². The second kappa shape index (κ2) is 7.83. The molecular weight excluding hydrogens is 352 g/mol. The maximum atomic E-state index is 9.65. The maximum Gasteiger partial charge on any atom is 0.119 e. The summed E-state index contributed by atoms with van der Waals surface area (Å²) in [6.45, 7) is 0.145. The lowest BCUT2D eigenvalue weighted by atomic mass is 9.93. The van der Waals surface area contributed by atoms with Crippen LogP contribution in [0.5, 0.6) is 5.75 Å². The zero-order valence-electron chi connectivity index (χ0n) is 11.9. The number of halogens is 2. The Kier molecular flexibility index (Phi) is 6.09. The molecule has 1 atom stereocenters. The fourth-order valence-electron chi connectivity index (χ4n) is 2.30. The topological polar surface area (TPSA) is 29.5 Å². The summed E-state index contributed by atoms with van der Waals surface area (Å²) in [4.78, 5) is 0. The van der Waals surface area contributed by atoms with Gasteiger partial charge in [-0.1, -0.05) is 39.7 Å². The first-order valence-electron chi connectivity index (χ1n) is 6.80. The minimum absolute atomic E-state index is 0.145. The van der Waals surface area contributed by atoms with Crippen LogP contribution in [0.4, 0.5) is 0 Å². The highest BCUT2D eigenvalue weighted by atomic mass is 79.9. The zero-order chi connectivity index (χ0) is 15.2. The van der Waals surface area contributed by atoms with Crippen molar-refractivity contribution in [3.63, 3.8) is 0 Å². The van der Waals surface area contributed by atoms with E-state index in [4.69, 9.17) is 16.3 Å². The molecule has 0 fully saturated rings. The van der Waals surface area contributed by atoms with E-state index in [0.29, 0.717) is 0 Å². The fraction of sp³-hybridized carbons (Fsp3) is 0.294. The molecule has 21 heavy (non-hydrogen) atoms. The van der Waals surface area contributed by atoms with Gasteiger partial charge in [-0.3, -0.25) is 0 Å². The predicted molar refractivity (Wildman–Crippen MR) is 90.1 cm³/mol. The quantitative estimate of drug-likeness (QED) is 0.812. The molecule has 0 heterocycles. The molecule has 1 N–H and O–H groups in total. The summed E-state index contributed by atoms with van der Waals surface area (Å²) in [7, 11) is 1.66. The molecule has 0 aliphatic heterocycles. The molecule has 0 saturated carbocycles. The molecule has 0 aromatic heterocycles. The lowest BCUT2D eigenvalue weighted by Crippen LogP contribution is -2.13. The van der Waals surface area contributed by atoms with Crippen LogP contribution in [0.15, 0.2) is 46.9 Å². The van der Waals surface area contributed by atoms with Gasteiger partial charge in [0.25, 0.3) is 0 Å². The summed E-state index contributed by atoms with van der Waals surface area (Å²) in [5.74, 6) is 0.992. The van der Waals surface area contributed by atoms with Crippen molar-refractivity contribution < 1.29 is 9.84 Å². The SMILES string of the molecule is COc1ccc(Br)c(CC(CO)Cc2ccc(Cl)cc2)c1. The van der Waals surface area contributed by atoms with Crippen LogP contribution in [-0.4, -0.2) is 18.8 Å². The Balaban J connectivity index is 2.10. The Labute approximate surface area is 138 Å². The Hall–Kier alpha value is -1.03. The third-order valence-corrected chi connectivity index (χ3v) is 4.48. The van der Waals surface area contributed by atoms with Gasteiger partial charge in [-0.05, 0) is 60.2 Å². The number of aliphatic hydroxyl groups is 1. The van der Waals surface area contributed by atoms with Gasteiger partial charge in [0.05, 0.1) is 7.11 Å². The second-order valence-electron chi connectivity index (χ2n) is 5.04. The van der Waals surface area contributed by atoms with Crippen molar-refractivity contribution in [1.82, 2.24) is 0 Å². The minimum Gasteiger partial charge on any atom is -0.497 e. The summed E-state index contributed by atoms with van der Waals surface area (Å²) in [6.07, 6.45) is 1.61. The number of benzene rings is 2. The van der Waals surface area contributed by atoms with Gasteiger partial charge >= 0.3 is 0 Å². The Morgan fingerprint density at radius 1 is 1.14 bits per heavy atom. The first-order valence-corrected chi connectivity index (χ1v) is 7.97. The van der Waals surface area contributed by atoms with E-state index in [1.54, 1.807) is 7.11 Å². The molecule has 2 aromatic rings. The van der Waals surface area contributed by atoms with Gasteiger partial charge in [0, 0.05) is 16.1 Å². The van der Waals surface area contributed by atoms with Crippen molar-refractivity contribution in [1.29, 1.82) is 0 Å². The van der Waals surface area contributed by atoms with Gasteiger partial charge in [0.1, 0.15) is 5.75 Å². The van der Waals surface area contributed by atoms with Crippen molar-refractivity contribution in [2.24, 2.45) is 5.92 Å². The third-order valence-electron chi connectivity index (χ3n) is 3.46. The number of methoxy groups -OCH3 is 1. The van der Waals surface area contributed by atoms with E-state index >= 15 is 0 Å². The van der Waals surface area contributed by atoms with Gasteiger partial charge in [0.15, 0.2) is 0 Å². The molecule has 0 spiro atoms. The van der Waals surface area contributed by atoms with Crippen LogP contribution in [0.1, 0.15) is 11.1 Å². The highest BCUT2D eigenvalue weighted by Crippen LogP contribution is 2.26. The lowest BCUT2D eigenvalue weighted by molar-refractivity contribution is 0.224. The van der Waals surface area contributed by atoms with Crippen molar-refractivity contribution in [2.75, 3.05) is 13.7 Å². The first-order chi connectivity index (χ1) is 10.1. The van der Waals surface area contributed by atoms with E-state index in [9.17, 15) is 5.11 Å². The summed E-state index contributed by atoms with van der Waals surface area (Å²) < 4.78 is 6.30. The van der Waals surface area contributed by atoms with E-state index in [1.807, 2.05) is 42.5 Å². The van der Waals surface area contributed by atoms with Crippen LogP contribution in [0, 0.1) is 5.92 Å². The van der Waals surface area contributed by atoms with Gasteiger partial charge in [-0.15, -0.1) is 0 Å². The third kappa shape index (κ3) is 4.73. The van der Waals surface area contributed by atoms with Crippen molar-refractivity contribution in [3.05, 3.63) is 63.1 Å². The average Bonchev–Trinajstić information content (AvgIpc) is 2.50. The number of hydrogen-bond acceptors (Lipinski definition) is 2. The van der Waals surface area contributed by atoms with Crippen LogP contribution < -0.4 is 4.74 Å². The van der Waals surface area contributed by atoms with Crippen LogP contribution in [0.3, 0.4) is 0 Å². The monoisotopic (exact) mass is 368 g/mol. The molecule has 0 aliphatic rings. The lowest BCUT2D eigenvalue weighted by Gasteiger charge is -2.16. The predicted octanol–water partition coefficient (Wildman–Crippen LogP) is 4.50. The number of ether oxygens (including phenoxy) is 1. The molecule has 4 heteroatoms. The average molecular weight is 370 g/mol. The molecule has 1 unspecified atom stereocenters. The Morgan fingerprint density at radius 2 is 1.86 bits per heavy atom. The van der Waals surface area contributed by atoms with E-state index < -0.39 is 0 Å². The molecule has 2 nitrogen and oxygen atoms in total. The van der Waals surface area contributed by atoms with Gasteiger partial charge in [-0.2, -0.15) is 0 Å². The zero-order valence-corrected chi connectivity index (χ0v) is 14.2. The van der Waals surface area contributed by atoms with Gasteiger partial charge in [0.2, 0.25) is 0 Å². The summed E-state index contributed by atoms with van der Waals surface area (Å²) in [5, 5.41) is 10.4. The van der Waals surface area contributed by atoms with Crippen LogP contribution >= 0.6 is 27.5 Å². The smallest absolute Gasteiger partial charge is 0.119 e. The van der Waals surface area contributed by atoms with Gasteiger partial charge < -0.3 is 9.84 Å². The highest BCUT2D eigenvalue weighted by Gasteiger charge is 2.12. The van der Waals surface area contributed by atoms with Gasteiger partial charge in [-0.25, -0.2) is 0 Å². The molecule has 0 bridgehead atoms. The summed E-state index contributed by atoms with van der Waals surface area (Å²) >= 11 is 9.45. The normalized spacial score (nSPS) is 12.2. The van der Waals surface area contributed by atoms with Crippen molar-refractivity contribution >= 4 is 27.5 Å². The first kappa shape index (κ1) is 16.3. The van der Waals surface area contributed by atoms with E-state index in [2.05, 4.69) is 15.9 Å². The molecule has 2 aromatic carbocycles. The Bertz CT molecular complexity index is 584. The number of aliphatic hydroxyl groups excluding tert-OH is 1. The second-order valence-corrected chi connectivity index (χ2v) is 6.33. The van der Waals surface area contributed by atoms with Crippen LogP contribution in [0.25, 0.3) is 0 Å². The molecular formula is C17H18BrClO2. The van der Waals surface area contributed by atoms with Crippen LogP contribution in [0.2, 0.25) is 5.02 Å². The number of rotatable bonds is 6. The van der Waals surface area contributed by atoms with E-state index in [-0.39, 0.29) is 12.5 Å².